The molecule has 0 heterocycles. The highest BCUT2D eigenvalue weighted by atomic mass is 19.4. The summed E-state index contributed by atoms with van der Waals surface area (Å²) in [6.45, 7) is 0.359. The molecule has 0 atom stereocenters. The zero-order valence-electron chi connectivity index (χ0n) is 15.1. The van der Waals surface area contributed by atoms with E-state index in [1.54, 1.807) is 36.2 Å². The van der Waals surface area contributed by atoms with Crippen molar-refractivity contribution in [1.82, 2.24) is 10.2 Å². The number of halogens is 3. The number of rotatable bonds is 6. The van der Waals surface area contributed by atoms with Crippen molar-refractivity contribution in [2.75, 3.05) is 7.05 Å². The normalized spacial score (nSPS) is 13.7. The number of carbonyl (C=O) groups excluding carboxylic acids is 2. The van der Waals surface area contributed by atoms with E-state index >= 15 is 0 Å². The fraction of sp³-hybridized carbons (Fsp3) is 0.300. The number of nitrogens with zero attached hydrogens (tertiary/aromatic N) is 1. The molecule has 3 rings (SSSR count). The summed E-state index contributed by atoms with van der Waals surface area (Å²) in [7, 11) is 1.55. The molecule has 1 aliphatic rings. The quantitative estimate of drug-likeness (QED) is 0.815. The second-order valence-corrected chi connectivity index (χ2v) is 6.51. The molecule has 2 aromatic rings. The van der Waals surface area contributed by atoms with Gasteiger partial charge in [0.15, 0.2) is 0 Å². The van der Waals surface area contributed by atoms with Gasteiger partial charge in [0.25, 0.3) is 11.8 Å². The van der Waals surface area contributed by atoms with E-state index in [4.69, 9.17) is 0 Å². The number of carbonyl (C=O) groups is 2. The van der Waals surface area contributed by atoms with Gasteiger partial charge >= 0.3 is 6.36 Å². The SMILES string of the molecule is CNC(=O)c1ccc(CN(C(=O)c2ccc(OC(F)(F)F)cc2)C2CC2)cc1. The smallest absolute Gasteiger partial charge is 0.406 e. The molecular formula is C20H19F3N2O3. The Morgan fingerprint density at radius 1 is 1.04 bits per heavy atom. The maximum absolute atomic E-state index is 12.8. The Balaban J connectivity index is 1.71. The number of alkyl halides is 3. The van der Waals surface area contributed by atoms with Gasteiger partial charge in [0.05, 0.1) is 0 Å². The predicted octanol–water partition coefficient (Wildman–Crippen LogP) is 3.75. The zero-order chi connectivity index (χ0) is 20.3. The maximum atomic E-state index is 12.8. The standard InChI is InChI=1S/C20H19F3N2O3/c1-24-18(26)14-4-2-13(3-5-14)12-25(16-8-9-16)19(27)15-6-10-17(11-7-15)28-20(21,22)23/h2-7,10-11,16H,8-9,12H2,1H3,(H,24,26). The van der Waals surface area contributed by atoms with E-state index in [1.807, 2.05) is 0 Å². The summed E-state index contributed by atoms with van der Waals surface area (Å²) in [5, 5.41) is 2.54. The lowest BCUT2D eigenvalue weighted by molar-refractivity contribution is -0.274. The van der Waals surface area contributed by atoms with Gasteiger partial charge in [0.1, 0.15) is 5.75 Å². The number of benzene rings is 2. The molecule has 5 nitrogen and oxygen atoms in total. The molecule has 1 aliphatic carbocycles. The molecule has 0 aromatic heterocycles. The Morgan fingerprint density at radius 2 is 1.61 bits per heavy atom. The number of hydrogen-bond donors (Lipinski definition) is 1. The van der Waals surface area contributed by atoms with E-state index in [9.17, 15) is 22.8 Å². The molecule has 1 saturated carbocycles. The molecule has 0 radical (unpaired) electrons. The van der Waals surface area contributed by atoms with Gasteiger partial charge in [-0.25, -0.2) is 0 Å². The highest BCUT2D eigenvalue weighted by Crippen LogP contribution is 2.30. The number of ether oxygens (including phenoxy) is 1. The molecule has 1 N–H and O–H groups in total. The topological polar surface area (TPSA) is 58.6 Å². The van der Waals surface area contributed by atoms with Crippen LogP contribution in [-0.2, 0) is 6.54 Å². The van der Waals surface area contributed by atoms with Crippen LogP contribution in [0, 0.1) is 0 Å². The molecule has 1 fully saturated rings. The van der Waals surface area contributed by atoms with Crippen LogP contribution >= 0.6 is 0 Å². The first-order valence-electron chi connectivity index (χ1n) is 8.74. The summed E-state index contributed by atoms with van der Waals surface area (Å²) < 4.78 is 40.6. The van der Waals surface area contributed by atoms with E-state index in [2.05, 4.69) is 10.1 Å². The molecule has 0 unspecified atom stereocenters. The van der Waals surface area contributed by atoms with Crippen molar-refractivity contribution in [2.24, 2.45) is 0 Å². The van der Waals surface area contributed by atoms with Crippen molar-refractivity contribution < 1.29 is 27.5 Å². The van der Waals surface area contributed by atoms with Crippen molar-refractivity contribution >= 4 is 11.8 Å². The first kappa shape index (κ1) is 19.7. The van der Waals surface area contributed by atoms with E-state index in [0.29, 0.717) is 17.7 Å². The van der Waals surface area contributed by atoms with Crippen LogP contribution in [-0.4, -0.2) is 36.2 Å². The minimum absolute atomic E-state index is 0.109. The van der Waals surface area contributed by atoms with Crippen LogP contribution in [0.2, 0.25) is 0 Å². The average molecular weight is 392 g/mol. The summed E-state index contributed by atoms with van der Waals surface area (Å²) in [5.41, 5.74) is 1.68. The van der Waals surface area contributed by atoms with E-state index in [-0.39, 0.29) is 23.6 Å². The highest BCUT2D eigenvalue weighted by Gasteiger charge is 2.34. The monoisotopic (exact) mass is 392 g/mol. The molecular weight excluding hydrogens is 373 g/mol. The molecule has 28 heavy (non-hydrogen) atoms. The number of nitrogens with one attached hydrogen (secondary N) is 1. The minimum Gasteiger partial charge on any atom is -0.406 e. The van der Waals surface area contributed by atoms with Gasteiger partial charge in [-0.3, -0.25) is 9.59 Å². The molecule has 148 valence electrons. The van der Waals surface area contributed by atoms with Crippen molar-refractivity contribution in [3.63, 3.8) is 0 Å². The van der Waals surface area contributed by atoms with Crippen LogP contribution < -0.4 is 10.1 Å². The van der Waals surface area contributed by atoms with Crippen LogP contribution in [0.4, 0.5) is 13.2 Å². The maximum Gasteiger partial charge on any atom is 0.573 e. The van der Waals surface area contributed by atoms with Gasteiger partial charge in [0, 0.05) is 30.8 Å². The summed E-state index contributed by atoms with van der Waals surface area (Å²) in [6.07, 6.45) is -3.00. The molecule has 2 amide bonds. The summed E-state index contributed by atoms with van der Waals surface area (Å²) in [5.74, 6) is -0.814. The van der Waals surface area contributed by atoms with Crippen molar-refractivity contribution in [3.05, 3.63) is 65.2 Å². The summed E-state index contributed by atoms with van der Waals surface area (Å²) in [4.78, 5) is 26.2. The predicted molar refractivity (Wildman–Crippen MR) is 95.9 cm³/mol. The van der Waals surface area contributed by atoms with Crippen LogP contribution in [0.15, 0.2) is 48.5 Å². The van der Waals surface area contributed by atoms with E-state index in [0.717, 1.165) is 30.5 Å². The van der Waals surface area contributed by atoms with Crippen LogP contribution in [0.5, 0.6) is 5.75 Å². The third-order valence-corrected chi connectivity index (χ3v) is 4.38. The van der Waals surface area contributed by atoms with Gasteiger partial charge in [-0.2, -0.15) is 0 Å². The molecule has 0 aliphatic heterocycles. The largest absolute Gasteiger partial charge is 0.573 e. The van der Waals surface area contributed by atoms with Crippen LogP contribution in [0.1, 0.15) is 39.1 Å². The fourth-order valence-corrected chi connectivity index (χ4v) is 2.82. The van der Waals surface area contributed by atoms with Crippen molar-refractivity contribution in [2.45, 2.75) is 31.8 Å². The fourth-order valence-electron chi connectivity index (χ4n) is 2.82. The van der Waals surface area contributed by atoms with E-state index in [1.165, 1.54) is 12.1 Å². The lowest BCUT2D eigenvalue weighted by atomic mass is 10.1. The molecule has 8 heteroatoms. The Kier molecular flexibility index (Phi) is 5.58. The average Bonchev–Trinajstić information content (AvgIpc) is 3.50. The van der Waals surface area contributed by atoms with Gasteiger partial charge in [-0.05, 0) is 54.8 Å². The summed E-state index contributed by atoms with van der Waals surface area (Å²) in [6, 6.07) is 12.0. The number of hydrogen-bond acceptors (Lipinski definition) is 3. The highest BCUT2D eigenvalue weighted by molar-refractivity contribution is 5.95. The first-order valence-corrected chi connectivity index (χ1v) is 8.74. The number of amides is 2. The third kappa shape index (κ3) is 5.03. The van der Waals surface area contributed by atoms with Crippen molar-refractivity contribution in [3.8, 4) is 5.75 Å². The van der Waals surface area contributed by atoms with Crippen molar-refractivity contribution in [1.29, 1.82) is 0 Å². The Morgan fingerprint density at radius 3 is 2.11 bits per heavy atom. The molecule has 0 bridgehead atoms. The lowest BCUT2D eigenvalue weighted by Gasteiger charge is -2.23. The lowest BCUT2D eigenvalue weighted by Crippen LogP contribution is -2.32. The molecule has 2 aromatic carbocycles. The second kappa shape index (κ2) is 7.92. The molecule has 0 spiro atoms. The zero-order valence-corrected chi connectivity index (χ0v) is 15.1. The van der Waals surface area contributed by atoms with E-state index < -0.39 is 6.36 Å². The van der Waals surface area contributed by atoms with Crippen LogP contribution in [0.25, 0.3) is 0 Å². The Hall–Kier alpha value is -3.03. The minimum atomic E-state index is -4.77. The van der Waals surface area contributed by atoms with Gasteiger partial charge in [-0.15, -0.1) is 13.2 Å². The van der Waals surface area contributed by atoms with Gasteiger partial charge < -0.3 is 15.0 Å². The second-order valence-electron chi connectivity index (χ2n) is 6.51. The summed E-state index contributed by atoms with van der Waals surface area (Å²) >= 11 is 0. The van der Waals surface area contributed by atoms with Crippen LogP contribution in [0.3, 0.4) is 0 Å². The molecule has 0 saturated heterocycles. The third-order valence-electron chi connectivity index (χ3n) is 4.38. The van der Waals surface area contributed by atoms with Gasteiger partial charge in [0.2, 0.25) is 0 Å². The first-order chi connectivity index (χ1) is 13.3. The Labute approximate surface area is 160 Å². The Bertz CT molecular complexity index is 844. The van der Waals surface area contributed by atoms with Gasteiger partial charge in [-0.1, -0.05) is 12.1 Å².